The van der Waals surface area contributed by atoms with Gasteiger partial charge in [0.05, 0.1) is 96.7 Å². The maximum absolute atomic E-state index is 7.34. The largest absolute Gasteiger partial charge is 0.492 e. The summed E-state index contributed by atoms with van der Waals surface area (Å²) >= 11 is 0. The molecule has 6 heterocycles. The molecule has 9 aromatic carbocycles. The Morgan fingerprint density at radius 1 is 0.260 bits per heavy atom. The Morgan fingerprint density at radius 2 is 0.510 bits per heavy atom. The number of pyridine rings is 1. The fraction of sp³-hybridized carbons (Fsp3) is 0.368. The lowest BCUT2D eigenvalue weighted by Crippen LogP contribution is -2.04. The Bertz CT molecular complexity index is 5570. The van der Waals surface area contributed by atoms with Gasteiger partial charge in [-0.1, -0.05) is 180 Å². The van der Waals surface area contributed by atoms with Crippen molar-refractivity contribution < 1.29 is 37.9 Å². The molecule has 0 fully saturated rings. The third-order valence-electron chi connectivity index (χ3n) is 19.8. The van der Waals surface area contributed by atoms with E-state index in [2.05, 4.69) is 150 Å². The molecular weight excluding hydrogens is 1300 g/mol. The summed E-state index contributed by atoms with van der Waals surface area (Å²) in [5.74, 6) is 6.12. The molecule has 0 radical (unpaired) electrons. The molecule has 0 amide bonds. The van der Waals surface area contributed by atoms with E-state index in [1.165, 1.54) is 0 Å². The summed E-state index contributed by atoms with van der Waals surface area (Å²) < 4.78 is 58.0. The van der Waals surface area contributed by atoms with Gasteiger partial charge in [-0.2, -0.15) is 0 Å². The highest BCUT2D eigenvalue weighted by Gasteiger charge is 2.36. The van der Waals surface area contributed by atoms with E-state index in [9.17, 15) is 0 Å². The van der Waals surface area contributed by atoms with Crippen molar-refractivity contribution in [2.45, 2.75) is 158 Å². The molecule has 15 rings (SSSR count). The first kappa shape index (κ1) is 69.2. The lowest BCUT2D eigenvalue weighted by Gasteiger charge is -2.19. The van der Waals surface area contributed by atoms with Crippen LogP contribution in [0, 0.1) is 0 Å². The van der Waals surface area contributed by atoms with Gasteiger partial charge in [0, 0.05) is 43.9 Å². The second kappa shape index (κ2) is 31.2. The first-order valence-corrected chi connectivity index (χ1v) is 38.3. The molecule has 0 aliphatic carbocycles. The van der Waals surface area contributed by atoms with Crippen molar-refractivity contribution in [2.75, 3.05) is 52.9 Å². The quantitative estimate of drug-likeness (QED) is 0.0298. The summed E-state index contributed by atoms with van der Waals surface area (Å²) in [6.07, 6.45) is 15.4. The van der Waals surface area contributed by atoms with Crippen molar-refractivity contribution >= 4 is 109 Å². The molecule has 2 aliphatic rings. The summed E-state index contributed by atoms with van der Waals surface area (Å²) in [6, 6.07) is 38.1. The molecule has 104 heavy (non-hydrogen) atoms. The van der Waals surface area contributed by atoms with E-state index in [0.717, 1.165) is 162 Å². The number of aromatic amines is 2. The lowest BCUT2D eigenvalue weighted by atomic mass is 9.95. The maximum Gasteiger partial charge on any atom is 0.168 e. The van der Waals surface area contributed by atoms with Gasteiger partial charge in [-0.05, 0) is 109 Å². The van der Waals surface area contributed by atoms with Crippen molar-refractivity contribution in [1.29, 1.82) is 0 Å². The SMILES string of the molecule is CCCCOc1c2c(c(OCCCC)c3cc4ccccc4cc13)-c1nc-2nc2[nH]c(nc3nc(nc4[nH]c(n1)c1c(OCCCC)c5cccnc5c(OCCCC)c41)-c1c-3c(OCCCC)c3ccccc3c1OCCCC)c1c(OCCCC)c3cc4ccccc4cc3c(OCCCC)c21. The van der Waals surface area contributed by atoms with Crippen LogP contribution in [0.5, 0.6) is 46.0 Å². The molecule has 0 saturated carbocycles. The predicted molar refractivity (Wildman–Crippen MR) is 422 cm³/mol. The number of nitrogens with one attached hydrogen (secondary N) is 2. The second-order valence-corrected chi connectivity index (χ2v) is 27.3. The zero-order valence-corrected chi connectivity index (χ0v) is 61.3. The topological polar surface area (TPSA) is 196 Å². The summed E-state index contributed by atoms with van der Waals surface area (Å²) in [5.41, 5.74) is 4.77. The van der Waals surface area contributed by atoms with Gasteiger partial charge in [0.25, 0.3) is 0 Å². The van der Waals surface area contributed by atoms with Crippen LogP contribution in [0.25, 0.3) is 154 Å². The molecule has 0 saturated heterocycles. The molecule has 2 N–H and O–H groups in total. The van der Waals surface area contributed by atoms with Crippen LogP contribution in [0.3, 0.4) is 0 Å². The summed E-state index contributed by atoms with van der Waals surface area (Å²) in [6.45, 7) is 20.8. The fourth-order valence-corrected chi connectivity index (χ4v) is 14.3. The third-order valence-corrected chi connectivity index (χ3v) is 19.8. The van der Waals surface area contributed by atoms with Crippen LogP contribution < -0.4 is 37.9 Å². The first-order chi connectivity index (χ1) is 51.3. The molecule has 0 unspecified atom stereocenters. The second-order valence-electron chi connectivity index (χ2n) is 27.3. The van der Waals surface area contributed by atoms with Crippen LogP contribution in [0.15, 0.2) is 115 Å². The number of fused-ring (bicyclic) bond motifs is 26. The normalized spacial score (nSPS) is 12.0. The molecule has 4 aromatic heterocycles. The van der Waals surface area contributed by atoms with Gasteiger partial charge in [0.1, 0.15) is 68.4 Å². The average molecular weight is 1390 g/mol. The zero-order chi connectivity index (χ0) is 71.2. The molecule has 8 bridgehead atoms. The number of ether oxygens (including phenoxy) is 8. The van der Waals surface area contributed by atoms with E-state index < -0.39 is 0 Å². The highest BCUT2D eigenvalue weighted by Crippen LogP contribution is 2.57. The number of hydrogen-bond acceptors (Lipinski definition) is 15. The molecule has 0 spiro atoms. The number of rotatable bonds is 32. The number of nitrogens with zero attached hydrogens (tertiary/aromatic N) is 7. The van der Waals surface area contributed by atoms with Crippen molar-refractivity contribution in [1.82, 2.24) is 44.9 Å². The van der Waals surface area contributed by atoms with Gasteiger partial charge < -0.3 is 47.9 Å². The fourth-order valence-electron chi connectivity index (χ4n) is 14.3. The van der Waals surface area contributed by atoms with Crippen LogP contribution >= 0.6 is 0 Å². The Morgan fingerprint density at radius 3 is 0.827 bits per heavy atom. The van der Waals surface area contributed by atoms with E-state index in [-0.39, 0.29) is 0 Å². The van der Waals surface area contributed by atoms with Gasteiger partial charge in [0.15, 0.2) is 29.0 Å². The molecule has 534 valence electrons. The number of unbranched alkanes of at least 4 members (excludes halogenated alkanes) is 8. The number of benzene rings is 9. The van der Waals surface area contributed by atoms with Crippen LogP contribution in [-0.2, 0) is 0 Å². The highest BCUT2D eigenvalue weighted by molar-refractivity contribution is 6.24. The molecule has 0 atom stereocenters. The van der Waals surface area contributed by atoms with Gasteiger partial charge in [-0.3, -0.25) is 4.98 Å². The summed E-state index contributed by atoms with van der Waals surface area (Å²) in [5, 5.41) is 12.7. The van der Waals surface area contributed by atoms with E-state index >= 15 is 0 Å². The Kier molecular flexibility index (Phi) is 20.7. The van der Waals surface area contributed by atoms with E-state index in [4.69, 9.17) is 72.8 Å². The molecule has 13 aromatic rings. The Labute approximate surface area is 606 Å². The standard InChI is InChI=1S/C87H93N9O8/c1-9-17-40-97-72-56-36-29-30-37-57(56)73(98-41-18-10-2)64-63(72)80-89-81(64)95-87-70-69(74(99-42-19-11-3)58-38-31-39-88-71(58)79(70)104-47-24-16-8)86(96-87)94-85-68-67(77(102-45-22-14-6)61-50-54-34-27-28-35-55(54)51-62(61)78(68)103-46-23-15-7)84(93-85)92-83-66-65(82(90-80)91-83)75(100-43-20-12-4)59-48-52-32-25-26-33-53(52)49-60(59)76(66)101-44-21-13-5/h25-39,48-51H,9-24,40-47H2,1-8H3,(H2,89,90,91,92,93,94,95,96). The Balaban J connectivity index is 1.23. The van der Waals surface area contributed by atoms with Gasteiger partial charge >= 0.3 is 0 Å². The van der Waals surface area contributed by atoms with Crippen LogP contribution in [0.2, 0.25) is 0 Å². The summed E-state index contributed by atoms with van der Waals surface area (Å²) in [4.78, 5) is 48.2. The minimum Gasteiger partial charge on any atom is -0.492 e. The van der Waals surface area contributed by atoms with Gasteiger partial charge in [-0.15, -0.1) is 0 Å². The Hall–Kier alpha value is -10.6. The van der Waals surface area contributed by atoms with Gasteiger partial charge in [0.2, 0.25) is 0 Å². The minimum atomic E-state index is 0.325. The van der Waals surface area contributed by atoms with Crippen LogP contribution in [-0.4, -0.2) is 97.7 Å². The number of hydrogen-bond donors (Lipinski definition) is 2. The van der Waals surface area contributed by atoms with Crippen molar-refractivity contribution in [3.05, 3.63) is 115 Å². The lowest BCUT2D eigenvalue weighted by molar-refractivity contribution is 0.308. The molecule has 17 nitrogen and oxygen atoms in total. The van der Waals surface area contributed by atoms with E-state index in [1.807, 2.05) is 24.3 Å². The maximum atomic E-state index is 7.34. The van der Waals surface area contributed by atoms with Crippen LogP contribution in [0.4, 0.5) is 0 Å². The average Bonchev–Trinajstić information content (AvgIpc) is 1.54. The smallest absolute Gasteiger partial charge is 0.168 e. The van der Waals surface area contributed by atoms with Crippen molar-refractivity contribution in [2.24, 2.45) is 0 Å². The molecule has 17 heteroatoms. The zero-order valence-electron chi connectivity index (χ0n) is 61.3. The molecular formula is C87H93N9O8. The number of aromatic nitrogens is 9. The monoisotopic (exact) mass is 1390 g/mol. The summed E-state index contributed by atoms with van der Waals surface area (Å²) in [7, 11) is 0. The molecule has 2 aliphatic heterocycles. The predicted octanol–water partition coefficient (Wildman–Crippen LogP) is 22.6. The first-order valence-electron chi connectivity index (χ1n) is 38.3. The minimum absolute atomic E-state index is 0.325. The van der Waals surface area contributed by atoms with Crippen LogP contribution in [0.1, 0.15) is 158 Å². The van der Waals surface area contributed by atoms with Crippen molar-refractivity contribution in [3.63, 3.8) is 0 Å². The van der Waals surface area contributed by atoms with Crippen molar-refractivity contribution in [3.8, 4) is 91.5 Å². The third kappa shape index (κ3) is 12.8. The van der Waals surface area contributed by atoms with E-state index in [1.54, 1.807) is 6.20 Å². The highest BCUT2D eigenvalue weighted by atomic mass is 16.5. The number of H-pyrrole nitrogens is 2. The van der Waals surface area contributed by atoms with Gasteiger partial charge in [-0.25, -0.2) is 29.9 Å². The van der Waals surface area contributed by atoms with E-state index in [0.29, 0.717) is 194 Å².